The molecule has 2 aromatic rings. The molecule has 0 saturated carbocycles. The molecule has 78 valence electrons. The maximum atomic E-state index is 6.01. The number of anilines is 1. The zero-order valence-electron chi connectivity index (χ0n) is 8.42. The Hall–Kier alpha value is -1.48. The molecule has 0 aliphatic carbocycles. The van der Waals surface area contributed by atoms with E-state index in [1.807, 2.05) is 25.1 Å². The van der Waals surface area contributed by atoms with Crippen molar-refractivity contribution in [3.63, 3.8) is 0 Å². The Morgan fingerprint density at radius 3 is 3.07 bits per heavy atom. The van der Waals surface area contributed by atoms with Crippen molar-refractivity contribution in [2.24, 2.45) is 0 Å². The molecule has 2 rings (SSSR count). The van der Waals surface area contributed by atoms with E-state index < -0.39 is 0 Å². The maximum absolute atomic E-state index is 6.01. The first-order valence-corrected chi connectivity index (χ1v) is 5.11. The van der Waals surface area contributed by atoms with Crippen LogP contribution in [0.4, 0.5) is 5.69 Å². The van der Waals surface area contributed by atoms with Gasteiger partial charge in [0.15, 0.2) is 0 Å². The zero-order chi connectivity index (χ0) is 10.7. The fourth-order valence-electron chi connectivity index (χ4n) is 1.37. The van der Waals surface area contributed by atoms with E-state index in [2.05, 4.69) is 15.3 Å². The fraction of sp³-hybridized carbons (Fsp3) is 0.182. The second-order valence-electron chi connectivity index (χ2n) is 3.34. The fourth-order valence-corrected chi connectivity index (χ4v) is 1.55. The van der Waals surface area contributed by atoms with Gasteiger partial charge in [-0.3, -0.25) is 0 Å². The van der Waals surface area contributed by atoms with Crippen LogP contribution in [0.5, 0.6) is 0 Å². The predicted molar refractivity (Wildman–Crippen MR) is 62.1 cm³/mol. The Balaban J connectivity index is 2.08. The van der Waals surface area contributed by atoms with E-state index in [9.17, 15) is 0 Å². The monoisotopic (exact) mass is 221 g/mol. The Bertz CT molecular complexity index is 437. The first kappa shape index (κ1) is 10.1. The van der Waals surface area contributed by atoms with Gasteiger partial charge in [-0.1, -0.05) is 17.7 Å². The molecule has 0 aliphatic heterocycles. The van der Waals surface area contributed by atoms with Gasteiger partial charge in [0.1, 0.15) is 0 Å². The number of halogens is 1. The zero-order valence-corrected chi connectivity index (χ0v) is 9.17. The number of H-pyrrole nitrogens is 1. The lowest BCUT2D eigenvalue weighted by atomic mass is 10.2. The van der Waals surface area contributed by atoms with Gasteiger partial charge >= 0.3 is 0 Å². The molecule has 0 spiro atoms. The second-order valence-corrected chi connectivity index (χ2v) is 3.75. The molecular weight excluding hydrogens is 210 g/mol. The van der Waals surface area contributed by atoms with Gasteiger partial charge in [-0.25, -0.2) is 4.98 Å². The van der Waals surface area contributed by atoms with Crippen molar-refractivity contribution in [2.45, 2.75) is 13.5 Å². The number of aromatic amines is 1. The summed E-state index contributed by atoms with van der Waals surface area (Å²) in [6.45, 7) is 2.72. The van der Waals surface area contributed by atoms with Crippen molar-refractivity contribution in [2.75, 3.05) is 5.32 Å². The Morgan fingerprint density at radius 2 is 2.33 bits per heavy atom. The van der Waals surface area contributed by atoms with Gasteiger partial charge in [0, 0.05) is 16.9 Å². The number of hydrogen-bond donors (Lipinski definition) is 2. The van der Waals surface area contributed by atoms with Crippen molar-refractivity contribution in [3.05, 3.63) is 47.0 Å². The summed E-state index contributed by atoms with van der Waals surface area (Å²) >= 11 is 6.01. The number of aromatic nitrogens is 2. The molecule has 0 fully saturated rings. The Kier molecular flexibility index (Phi) is 2.92. The summed E-state index contributed by atoms with van der Waals surface area (Å²) in [7, 11) is 0. The van der Waals surface area contributed by atoms with Crippen LogP contribution in [-0.4, -0.2) is 9.97 Å². The second kappa shape index (κ2) is 4.36. The van der Waals surface area contributed by atoms with E-state index in [0.717, 1.165) is 28.5 Å². The van der Waals surface area contributed by atoms with Crippen molar-refractivity contribution < 1.29 is 0 Å². The minimum absolute atomic E-state index is 0.723. The molecule has 4 heteroatoms. The molecule has 15 heavy (non-hydrogen) atoms. The maximum Gasteiger partial charge on any atom is 0.0922 e. The van der Waals surface area contributed by atoms with Crippen LogP contribution in [0.2, 0.25) is 5.02 Å². The third kappa shape index (κ3) is 2.30. The topological polar surface area (TPSA) is 40.7 Å². The van der Waals surface area contributed by atoms with Crippen LogP contribution in [0.15, 0.2) is 30.7 Å². The van der Waals surface area contributed by atoms with Gasteiger partial charge in [-0.2, -0.15) is 0 Å². The molecule has 1 aromatic heterocycles. The first-order valence-electron chi connectivity index (χ1n) is 4.73. The number of nitrogens with one attached hydrogen (secondary N) is 2. The van der Waals surface area contributed by atoms with E-state index in [4.69, 9.17) is 11.6 Å². The summed E-state index contributed by atoms with van der Waals surface area (Å²) in [5.41, 5.74) is 3.17. The minimum Gasteiger partial charge on any atom is -0.379 e. The smallest absolute Gasteiger partial charge is 0.0922 e. The van der Waals surface area contributed by atoms with Crippen molar-refractivity contribution in [3.8, 4) is 0 Å². The molecule has 0 radical (unpaired) electrons. The Morgan fingerprint density at radius 1 is 1.47 bits per heavy atom. The summed E-state index contributed by atoms with van der Waals surface area (Å²) in [6, 6.07) is 5.83. The van der Waals surface area contributed by atoms with Crippen LogP contribution in [0, 0.1) is 6.92 Å². The van der Waals surface area contributed by atoms with Crippen LogP contribution in [0.25, 0.3) is 0 Å². The third-order valence-corrected chi connectivity index (χ3v) is 2.70. The normalized spacial score (nSPS) is 10.3. The quantitative estimate of drug-likeness (QED) is 0.837. The van der Waals surface area contributed by atoms with Crippen LogP contribution >= 0.6 is 11.6 Å². The first-order chi connectivity index (χ1) is 7.27. The molecule has 1 aromatic carbocycles. The third-order valence-electron chi connectivity index (χ3n) is 2.29. The largest absolute Gasteiger partial charge is 0.379 e. The number of rotatable bonds is 3. The molecule has 0 bridgehead atoms. The van der Waals surface area contributed by atoms with Gasteiger partial charge in [0.25, 0.3) is 0 Å². The molecular formula is C11H12ClN3. The molecule has 0 aliphatic rings. The van der Waals surface area contributed by atoms with Crippen LogP contribution < -0.4 is 5.32 Å². The van der Waals surface area contributed by atoms with Gasteiger partial charge in [0.05, 0.1) is 18.6 Å². The van der Waals surface area contributed by atoms with E-state index in [-0.39, 0.29) is 0 Å². The predicted octanol–water partition coefficient (Wildman–Crippen LogP) is 2.98. The van der Waals surface area contributed by atoms with Gasteiger partial charge < -0.3 is 10.3 Å². The molecule has 3 nitrogen and oxygen atoms in total. The van der Waals surface area contributed by atoms with E-state index in [1.165, 1.54) is 0 Å². The number of hydrogen-bond acceptors (Lipinski definition) is 2. The van der Waals surface area contributed by atoms with E-state index >= 15 is 0 Å². The molecule has 2 N–H and O–H groups in total. The van der Waals surface area contributed by atoms with Gasteiger partial charge in [0.2, 0.25) is 0 Å². The highest BCUT2D eigenvalue weighted by molar-refractivity contribution is 6.31. The lowest BCUT2D eigenvalue weighted by Crippen LogP contribution is -2.01. The summed E-state index contributed by atoms with van der Waals surface area (Å²) in [5.74, 6) is 0. The van der Waals surface area contributed by atoms with Crippen molar-refractivity contribution in [1.29, 1.82) is 0 Å². The number of benzene rings is 1. The average Bonchev–Trinajstić information content (AvgIpc) is 2.73. The van der Waals surface area contributed by atoms with Gasteiger partial charge in [-0.05, 0) is 24.6 Å². The van der Waals surface area contributed by atoms with Gasteiger partial charge in [-0.15, -0.1) is 0 Å². The Labute approximate surface area is 93.5 Å². The van der Waals surface area contributed by atoms with Crippen molar-refractivity contribution in [1.82, 2.24) is 9.97 Å². The van der Waals surface area contributed by atoms with Crippen LogP contribution in [0.3, 0.4) is 0 Å². The minimum atomic E-state index is 0.723. The number of nitrogens with zero attached hydrogens (tertiary/aromatic N) is 1. The highest BCUT2D eigenvalue weighted by atomic mass is 35.5. The lowest BCUT2D eigenvalue weighted by Gasteiger charge is -2.09. The van der Waals surface area contributed by atoms with E-state index in [1.54, 1.807) is 12.5 Å². The molecule has 0 amide bonds. The summed E-state index contributed by atoms with van der Waals surface area (Å²) in [6.07, 6.45) is 3.47. The van der Waals surface area contributed by atoms with Crippen LogP contribution in [-0.2, 0) is 6.54 Å². The average molecular weight is 222 g/mol. The SMILES string of the molecule is Cc1c(Cl)cccc1NCc1cnc[nH]1. The highest BCUT2D eigenvalue weighted by Gasteiger charge is 2.01. The molecule has 1 heterocycles. The van der Waals surface area contributed by atoms with Crippen LogP contribution in [0.1, 0.15) is 11.3 Å². The highest BCUT2D eigenvalue weighted by Crippen LogP contribution is 2.23. The summed E-state index contributed by atoms with van der Waals surface area (Å²) < 4.78 is 0. The van der Waals surface area contributed by atoms with E-state index in [0.29, 0.717) is 0 Å². The molecule has 0 saturated heterocycles. The van der Waals surface area contributed by atoms with Crippen molar-refractivity contribution >= 4 is 17.3 Å². The summed E-state index contributed by atoms with van der Waals surface area (Å²) in [5, 5.41) is 4.08. The molecule has 0 atom stereocenters. The summed E-state index contributed by atoms with van der Waals surface area (Å²) in [4.78, 5) is 6.99. The number of imidazole rings is 1. The lowest BCUT2D eigenvalue weighted by molar-refractivity contribution is 1.07. The standard InChI is InChI=1S/C11H12ClN3/c1-8-10(12)3-2-4-11(8)14-6-9-5-13-7-15-9/h2-5,7,14H,6H2,1H3,(H,13,15). The molecule has 0 unspecified atom stereocenters.